The van der Waals surface area contributed by atoms with Gasteiger partial charge in [0, 0.05) is 5.33 Å². The summed E-state index contributed by atoms with van der Waals surface area (Å²) in [5.41, 5.74) is 4.68. The van der Waals surface area contributed by atoms with Crippen LogP contribution < -0.4 is 0 Å². The third-order valence-corrected chi connectivity index (χ3v) is 6.11. The van der Waals surface area contributed by atoms with Gasteiger partial charge >= 0.3 is 0 Å². The Morgan fingerprint density at radius 1 is 0.760 bits per heavy atom. The fourth-order valence-corrected chi connectivity index (χ4v) is 4.39. The van der Waals surface area contributed by atoms with Crippen molar-refractivity contribution in [2.45, 2.75) is 70.5 Å². The Bertz CT molecular complexity index is 612. The summed E-state index contributed by atoms with van der Waals surface area (Å²) in [6.07, 6.45) is 4.92. The van der Waals surface area contributed by atoms with Gasteiger partial charge in [0.15, 0.2) is 0 Å². The van der Waals surface area contributed by atoms with Crippen LogP contribution in [0.25, 0.3) is 0 Å². The SMILES string of the molecule is CCC(CC(C)(C)CC(CC)c1ccc(CBr)cc1)c1ccccc1. The number of hydrogen-bond acceptors (Lipinski definition) is 0. The monoisotopic (exact) mass is 400 g/mol. The van der Waals surface area contributed by atoms with Crippen molar-refractivity contribution < 1.29 is 0 Å². The Kier molecular flexibility index (Phi) is 7.75. The van der Waals surface area contributed by atoms with Crippen molar-refractivity contribution in [3.63, 3.8) is 0 Å². The average molecular weight is 401 g/mol. The van der Waals surface area contributed by atoms with Crippen molar-refractivity contribution in [3.8, 4) is 0 Å². The van der Waals surface area contributed by atoms with Gasteiger partial charge in [0.05, 0.1) is 0 Å². The molecule has 0 saturated heterocycles. The van der Waals surface area contributed by atoms with E-state index >= 15 is 0 Å². The van der Waals surface area contributed by atoms with Crippen LogP contribution in [0.5, 0.6) is 0 Å². The van der Waals surface area contributed by atoms with E-state index < -0.39 is 0 Å². The standard InChI is InChI=1S/C24H33Br/c1-5-20(22-10-8-7-9-11-22)16-24(3,4)17-21(6-2)23-14-12-19(18-25)13-15-23/h7-15,20-21H,5-6,16-18H2,1-4H3. The molecule has 2 aromatic rings. The van der Waals surface area contributed by atoms with Crippen molar-refractivity contribution in [3.05, 3.63) is 71.3 Å². The third-order valence-electron chi connectivity index (χ3n) is 5.46. The maximum absolute atomic E-state index is 3.54. The molecule has 25 heavy (non-hydrogen) atoms. The van der Waals surface area contributed by atoms with E-state index in [9.17, 15) is 0 Å². The minimum Gasteiger partial charge on any atom is -0.0876 e. The van der Waals surface area contributed by atoms with E-state index in [0.29, 0.717) is 17.3 Å². The van der Waals surface area contributed by atoms with Crippen molar-refractivity contribution in [2.75, 3.05) is 0 Å². The molecule has 0 radical (unpaired) electrons. The van der Waals surface area contributed by atoms with Gasteiger partial charge in [-0.3, -0.25) is 0 Å². The first-order valence-corrected chi connectivity index (χ1v) is 10.8. The minimum absolute atomic E-state index is 0.339. The molecule has 0 aliphatic rings. The molecule has 0 saturated carbocycles. The van der Waals surface area contributed by atoms with Gasteiger partial charge in [-0.15, -0.1) is 0 Å². The molecule has 136 valence electrons. The number of benzene rings is 2. The van der Waals surface area contributed by atoms with E-state index in [1.54, 1.807) is 0 Å². The third kappa shape index (κ3) is 5.99. The number of alkyl halides is 1. The second-order valence-corrected chi connectivity index (χ2v) is 8.63. The van der Waals surface area contributed by atoms with Crippen molar-refractivity contribution in [1.82, 2.24) is 0 Å². The molecular weight excluding hydrogens is 368 g/mol. The smallest absolute Gasteiger partial charge is 0.0283 e. The summed E-state index contributed by atoms with van der Waals surface area (Å²) < 4.78 is 0. The van der Waals surface area contributed by atoms with Gasteiger partial charge in [0.1, 0.15) is 0 Å². The molecule has 0 aliphatic carbocycles. The maximum Gasteiger partial charge on any atom is 0.0283 e. The lowest BCUT2D eigenvalue weighted by atomic mass is 9.72. The highest BCUT2D eigenvalue weighted by Gasteiger charge is 2.27. The molecule has 0 fully saturated rings. The molecule has 1 heteroatoms. The zero-order chi connectivity index (χ0) is 18.3. The van der Waals surface area contributed by atoms with Crippen LogP contribution in [-0.4, -0.2) is 0 Å². The Morgan fingerprint density at radius 2 is 1.24 bits per heavy atom. The maximum atomic E-state index is 3.54. The molecule has 0 aliphatic heterocycles. The lowest BCUT2D eigenvalue weighted by Crippen LogP contribution is -2.19. The first kappa shape index (κ1) is 20.2. The lowest BCUT2D eigenvalue weighted by molar-refractivity contribution is 0.253. The first-order valence-electron chi connectivity index (χ1n) is 9.68. The molecule has 2 rings (SSSR count). The first-order chi connectivity index (χ1) is 12.0. The highest BCUT2D eigenvalue weighted by atomic mass is 79.9. The molecular formula is C24H33Br. The van der Waals surface area contributed by atoms with Crippen LogP contribution in [0.1, 0.15) is 81.9 Å². The normalized spacial score (nSPS) is 14.3. The van der Waals surface area contributed by atoms with Crippen LogP contribution in [-0.2, 0) is 5.33 Å². The molecule has 2 atom stereocenters. The van der Waals surface area contributed by atoms with Gasteiger partial charge in [-0.05, 0) is 59.6 Å². The fourth-order valence-electron chi connectivity index (χ4n) is 4.02. The lowest BCUT2D eigenvalue weighted by Gasteiger charge is -2.33. The van der Waals surface area contributed by atoms with Crippen LogP contribution in [0, 0.1) is 5.41 Å². The molecule has 0 bridgehead atoms. The molecule has 0 heterocycles. The summed E-state index contributed by atoms with van der Waals surface area (Å²) >= 11 is 3.54. The van der Waals surface area contributed by atoms with Crippen LogP contribution >= 0.6 is 15.9 Å². The van der Waals surface area contributed by atoms with Gasteiger partial charge in [-0.1, -0.05) is 98.2 Å². The summed E-state index contributed by atoms with van der Waals surface area (Å²) in [5.74, 6) is 1.30. The van der Waals surface area contributed by atoms with E-state index in [1.807, 2.05) is 0 Å². The molecule has 2 unspecified atom stereocenters. The molecule has 0 N–H and O–H groups in total. The Hall–Kier alpha value is -1.08. The predicted octanol–water partition coefficient (Wildman–Crippen LogP) is 8.08. The average Bonchev–Trinajstić information content (AvgIpc) is 2.65. The Labute approximate surface area is 163 Å². The van der Waals surface area contributed by atoms with E-state index in [2.05, 4.69) is 98.2 Å². The van der Waals surface area contributed by atoms with Crippen LogP contribution in [0.4, 0.5) is 0 Å². The van der Waals surface area contributed by atoms with Crippen LogP contribution in [0.2, 0.25) is 0 Å². The second kappa shape index (κ2) is 9.57. The molecule has 0 nitrogen and oxygen atoms in total. The van der Waals surface area contributed by atoms with Crippen molar-refractivity contribution in [1.29, 1.82) is 0 Å². The summed E-state index contributed by atoms with van der Waals surface area (Å²) in [6, 6.07) is 20.2. The summed E-state index contributed by atoms with van der Waals surface area (Å²) in [6.45, 7) is 9.56. The second-order valence-electron chi connectivity index (χ2n) is 8.07. The predicted molar refractivity (Wildman–Crippen MR) is 115 cm³/mol. The highest BCUT2D eigenvalue weighted by molar-refractivity contribution is 9.08. The zero-order valence-electron chi connectivity index (χ0n) is 16.3. The Balaban J connectivity index is 2.08. The van der Waals surface area contributed by atoms with Gasteiger partial charge in [-0.25, -0.2) is 0 Å². The quantitative estimate of drug-likeness (QED) is 0.373. The van der Waals surface area contributed by atoms with E-state index in [0.717, 1.165) is 5.33 Å². The number of hydrogen-bond donors (Lipinski definition) is 0. The van der Waals surface area contributed by atoms with Gasteiger partial charge in [0.25, 0.3) is 0 Å². The van der Waals surface area contributed by atoms with E-state index in [-0.39, 0.29) is 0 Å². The number of rotatable bonds is 9. The highest BCUT2D eigenvalue weighted by Crippen LogP contribution is 2.41. The summed E-state index contributed by atoms with van der Waals surface area (Å²) in [4.78, 5) is 0. The minimum atomic E-state index is 0.339. The molecule has 0 spiro atoms. The largest absolute Gasteiger partial charge is 0.0876 e. The summed E-state index contributed by atoms with van der Waals surface area (Å²) in [7, 11) is 0. The molecule has 0 aromatic heterocycles. The van der Waals surface area contributed by atoms with Gasteiger partial charge in [0.2, 0.25) is 0 Å². The molecule has 0 amide bonds. The summed E-state index contributed by atoms with van der Waals surface area (Å²) in [5, 5.41) is 0.935. The van der Waals surface area contributed by atoms with E-state index in [4.69, 9.17) is 0 Å². The van der Waals surface area contributed by atoms with Crippen LogP contribution in [0.15, 0.2) is 54.6 Å². The van der Waals surface area contributed by atoms with Crippen molar-refractivity contribution >= 4 is 15.9 Å². The van der Waals surface area contributed by atoms with Crippen LogP contribution in [0.3, 0.4) is 0 Å². The fraction of sp³-hybridized carbons (Fsp3) is 0.500. The van der Waals surface area contributed by atoms with E-state index in [1.165, 1.54) is 42.4 Å². The molecule has 2 aromatic carbocycles. The topological polar surface area (TPSA) is 0 Å². The zero-order valence-corrected chi connectivity index (χ0v) is 17.9. The van der Waals surface area contributed by atoms with Gasteiger partial charge < -0.3 is 0 Å². The Morgan fingerprint density at radius 3 is 1.68 bits per heavy atom. The van der Waals surface area contributed by atoms with Gasteiger partial charge in [-0.2, -0.15) is 0 Å². The van der Waals surface area contributed by atoms with Crippen molar-refractivity contribution in [2.24, 2.45) is 5.41 Å². The number of halogens is 1.